The average molecular weight is 325 g/mol. The summed E-state index contributed by atoms with van der Waals surface area (Å²) in [6, 6.07) is 14.3. The minimum Gasteiger partial charge on any atom is -0.489 e. The van der Waals surface area contributed by atoms with E-state index in [0.29, 0.717) is 23.3 Å². The fourth-order valence-electron chi connectivity index (χ4n) is 2.36. The predicted octanol–water partition coefficient (Wildman–Crippen LogP) is 3.37. The van der Waals surface area contributed by atoms with Crippen LogP contribution >= 0.6 is 0 Å². The molecule has 24 heavy (non-hydrogen) atoms. The number of fused-ring (bicyclic) bond motifs is 1. The van der Waals surface area contributed by atoms with Gasteiger partial charge in [0.2, 0.25) is 0 Å². The van der Waals surface area contributed by atoms with Gasteiger partial charge in [-0.3, -0.25) is 4.79 Å². The average Bonchev–Trinajstić information content (AvgIpc) is 2.98. The van der Waals surface area contributed by atoms with E-state index >= 15 is 0 Å². The van der Waals surface area contributed by atoms with E-state index in [1.54, 1.807) is 12.1 Å². The van der Waals surface area contributed by atoms with Gasteiger partial charge in [-0.2, -0.15) is 0 Å². The number of aromatic nitrogens is 1. The van der Waals surface area contributed by atoms with E-state index in [2.05, 4.69) is 4.98 Å². The molecule has 0 unspecified atom stereocenters. The molecule has 2 N–H and O–H groups in total. The molecule has 0 atom stereocenters. The normalized spacial score (nSPS) is 10.5. The van der Waals surface area contributed by atoms with Crippen LogP contribution in [-0.4, -0.2) is 22.0 Å². The van der Waals surface area contributed by atoms with Crippen LogP contribution in [0.4, 0.5) is 0 Å². The van der Waals surface area contributed by atoms with Crippen LogP contribution in [0.15, 0.2) is 48.5 Å². The summed E-state index contributed by atoms with van der Waals surface area (Å²) in [5.74, 6) is -0.852. The van der Waals surface area contributed by atoms with Gasteiger partial charge in [-0.15, -0.1) is 0 Å². The van der Waals surface area contributed by atoms with Crippen molar-refractivity contribution in [3.8, 4) is 11.5 Å². The summed E-state index contributed by atoms with van der Waals surface area (Å²) in [5, 5.41) is 9.62. The van der Waals surface area contributed by atoms with Crippen molar-refractivity contribution in [1.82, 2.24) is 4.98 Å². The number of esters is 1. The number of aromatic amines is 1. The van der Waals surface area contributed by atoms with Gasteiger partial charge >= 0.3 is 11.9 Å². The van der Waals surface area contributed by atoms with Gasteiger partial charge in [0.1, 0.15) is 23.8 Å². The Morgan fingerprint density at radius 3 is 2.54 bits per heavy atom. The number of H-pyrrole nitrogens is 1. The molecule has 0 spiro atoms. The molecule has 6 heteroatoms. The number of hydrogen-bond acceptors (Lipinski definition) is 4. The molecule has 0 aliphatic carbocycles. The van der Waals surface area contributed by atoms with Crippen LogP contribution in [0.3, 0.4) is 0 Å². The number of carbonyl (C=O) groups is 2. The fraction of sp³-hybridized carbons (Fsp3) is 0.111. The van der Waals surface area contributed by atoms with Crippen molar-refractivity contribution in [2.24, 2.45) is 0 Å². The molecule has 1 aromatic heterocycles. The number of carbonyl (C=O) groups excluding carboxylic acids is 1. The number of carboxylic acid groups (broad SMARTS) is 1. The minimum absolute atomic E-state index is 0.0126. The van der Waals surface area contributed by atoms with Gasteiger partial charge in [-0.1, -0.05) is 30.3 Å². The minimum atomic E-state index is -1.09. The van der Waals surface area contributed by atoms with Crippen LogP contribution in [0, 0.1) is 0 Å². The summed E-state index contributed by atoms with van der Waals surface area (Å²) in [5.41, 5.74) is 1.53. The second-order valence-electron chi connectivity index (χ2n) is 5.24. The van der Waals surface area contributed by atoms with E-state index in [4.69, 9.17) is 14.6 Å². The van der Waals surface area contributed by atoms with Crippen LogP contribution < -0.4 is 9.47 Å². The summed E-state index contributed by atoms with van der Waals surface area (Å²) in [7, 11) is 0. The Morgan fingerprint density at radius 2 is 1.88 bits per heavy atom. The predicted molar refractivity (Wildman–Crippen MR) is 87.3 cm³/mol. The number of nitrogens with one attached hydrogen (secondary N) is 1. The molecule has 6 nitrogen and oxygen atoms in total. The van der Waals surface area contributed by atoms with E-state index in [9.17, 15) is 9.59 Å². The van der Waals surface area contributed by atoms with E-state index < -0.39 is 11.9 Å². The van der Waals surface area contributed by atoms with E-state index in [0.717, 1.165) is 5.56 Å². The highest BCUT2D eigenvalue weighted by molar-refractivity contribution is 5.97. The second kappa shape index (κ2) is 6.45. The van der Waals surface area contributed by atoms with Crippen molar-refractivity contribution in [3.63, 3.8) is 0 Å². The zero-order chi connectivity index (χ0) is 17.1. The maximum Gasteiger partial charge on any atom is 0.352 e. The van der Waals surface area contributed by atoms with Gasteiger partial charge in [0.25, 0.3) is 0 Å². The molecule has 2 aromatic carbocycles. The Bertz CT molecular complexity index is 898. The lowest BCUT2D eigenvalue weighted by molar-refractivity contribution is -0.131. The van der Waals surface area contributed by atoms with Crippen LogP contribution in [0.5, 0.6) is 11.5 Å². The lowest BCUT2D eigenvalue weighted by atomic mass is 10.2. The van der Waals surface area contributed by atoms with Gasteiger partial charge in [-0.05, 0) is 11.6 Å². The molecule has 0 aliphatic rings. The van der Waals surface area contributed by atoms with Gasteiger partial charge in [0.05, 0.1) is 5.52 Å². The largest absolute Gasteiger partial charge is 0.489 e. The Balaban J connectivity index is 1.95. The van der Waals surface area contributed by atoms with Crippen molar-refractivity contribution < 1.29 is 24.2 Å². The van der Waals surface area contributed by atoms with E-state index in [-0.39, 0.29) is 11.4 Å². The van der Waals surface area contributed by atoms with Crippen LogP contribution in [0.2, 0.25) is 0 Å². The van der Waals surface area contributed by atoms with Crippen molar-refractivity contribution in [2.75, 3.05) is 0 Å². The molecular formula is C18H15NO5. The fourth-order valence-corrected chi connectivity index (χ4v) is 2.36. The number of aromatic carboxylic acids is 1. The smallest absolute Gasteiger partial charge is 0.352 e. The van der Waals surface area contributed by atoms with Crippen LogP contribution in [0.25, 0.3) is 10.9 Å². The third-order valence-corrected chi connectivity index (χ3v) is 3.41. The Kier molecular flexibility index (Phi) is 4.20. The highest BCUT2D eigenvalue weighted by Gasteiger charge is 2.14. The Hall–Kier alpha value is -3.28. The van der Waals surface area contributed by atoms with Crippen molar-refractivity contribution in [3.05, 3.63) is 59.8 Å². The molecule has 0 radical (unpaired) electrons. The van der Waals surface area contributed by atoms with Crippen molar-refractivity contribution >= 4 is 22.8 Å². The molecule has 122 valence electrons. The third kappa shape index (κ3) is 3.38. The Morgan fingerprint density at radius 1 is 1.12 bits per heavy atom. The molecule has 0 amide bonds. The van der Waals surface area contributed by atoms with Crippen LogP contribution in [-0.2, 0) is 11.4 Å². The maximum atomic E-state index is 11.3. The molecular weight excluding hydrogens is 310 g/mol. The number of carboxylic acids is 1. The maximum absolute atomic E-state index is 11.3. The number of ether oxygens (including phenoxy) is 2. The Labute approximate surface area is 137 Å². The van der Waals surface area contributed by atoms with Crippen molar-refractivity contribution in [1.29, 1.82) is 0 Å². The van der Waals surface area contributed by atoms with Crippen molar-refractivity contribution in [2.45, 2.75) is 13.5 Å². The molecule has 0 saturated carbocycles. The van der Waals surface area contributed by atoms with Gasteiger partial charge < -0.3 is 19.6 Å². The first kappa shape index (κ1) is 15.6. The topological polar surface area (TPSA) is 88.6 Å². The summed E-state index contributed by atoms with van der Waals surface area (Å²) >= 11 is 0. The third-order valence-electron chi connectivity index (χ3n) is 3.41. The second-order valence-corrected chi connectivity index (χ2v) is 5.24. The number of rotatable bonds is 5. The zero-order valence-electron chi connectivity index (χ0n) is 12.9. The van der Waals surface area contributed by atoms with Crippen LogP contribution in [0.1, 0.15) is 23.0 Å². The SMILES string of the molecule is CC(=O)Oc1cc(OCc2ccccc2)cc2[nH]c(C(=O)O)cc12. The summed E-state index contributed by atoms with van der Waals surface area (Å²) < 4.78 is 10.9. The number of benzene rings is 2. The first-order valence-electron chi connectivity index (χ1n) is 7.28. The van der Waals surface area contributed by atoms with Gasteiger partial charge in [-0.25, -0.2) is 4.79 Å². The first-order valence-corrected chi connectivity index (χ1v) is 7.28. The molecule has 3 rings (SSSR count). The number of hydrogen-bond donors (Lipinski definition) is 2. The standard InChI is InChI=1S/C18H15NO5/c1-11(20)24-17-8-13(23-10-12-5-3-2-4-6-12)7-15-14(17)9-16(19-15)18(21)22/h2-9,19H,10H2,1H3,(H,21,22). The highest BCUT2D eigenvalue weighted by Crippen LogP contribution is 2.32. The monoisotopic (exact) mass is 325 g/mol. The molecule has 0 bridgehead atoms. The molecule has 1 heterocycles. The molecule has 0 fully saturated rings. The van der Waals surface area contributed by atoms with E-state index in [1.807, 2.05) is 30.3 Å². The lowest BCUT2D eigenvalue weighted by Gasteiger charge is -2.09. The highest BCUT2D eigenvalue weighted by atomic mass is 16.5. The van der Waals surface area contributed by atoms with Gasteiger partial charge in [0, 0.05) is 24.4 Å². The quantitative estimate of drug-likeness (QED) is 0.554. The molecule has 0 aliphatic heterocycles. The summed E-state index contributed by atoms with van der Waals surface area (Å²) in [6.45, 7) is 1.63. The molecule has 0 saturated heterocycles. The zero-order valence-corrected chi connectivity index (χ0v) is 12.9. The molecule has 3 aromatic rings. The van der Waals surface area contributed by atoms with E-state index in [1.165, 1.54) is 13.0 Å². The first-order chi connectivity index (χ1) is 11.5. The summed E-state index contributed by atoms with van der Waals surface area (Å²) in [6.07, 6.45) is 0. The van der Waals surface area contributed by atoms with Gasteiger partial charge in [0.15, 0.2) is 0 Å². The summed E-state index contributed by atoms with van der Waals surface area (Å²) in [4.78, 5) is 25.2. The lowest BCUT2D eigenvalue weighted by Crippen LogP contribution is -2.02.